The number of amides is 2. The molecule has 120 valence electrons. The van der Waals surface area contributed by atoms with Crippen molar-refractivity contribution in [3.63, 3.8) is 0 Å². The van der Waals surface area contributed by atoms with Gasteiger partial charge in [0.1, 0.15) is 0 Å². The van der Waals surface area contributed by atoms with Crippen LogP contribution in [0.3, 0.4) is 0 Å². The molecule has 0 spiro atoms. The van der Waals surface area contributed by atoms with Gasteiger partial charge in [-0.1, -0.05) is 18.2 Å². The van der Waals surface area contributed by atoms with E-state index >= 15 is 0 Å². The summed E-state index contributed by atoms with van der Waals surface area (Å²) >= 11 is 1.59. The highest BCUT2D eigenvalue weighted by Gasteiger charge is 2.30. The van der Waals surface area contributed by atoms with Crippen molar-refractivity contribution in [2.75, 3.05) is 11.4 Å². The molecule has 1 aliphatic heterocycles. The van der Waals surface area contributed by atoms with Gasteiger partial charge in [-0.15, -0.1) is 11.3 Å². The van der Waals surface area contributed by atoms with Crippen LogP contribution in [-0.2, 0) is 22.4 Å². The Bertz CT molecular complexity index is 741. The molecular weight excluding hydrogens is 310 g/mol. The molecule has 0 saturated carbocycles. The van der Waals surface area contributed by atoms with Crippen molar-refractivity contribution in [2.45, 2.75) is 26.2 Å². The minimum atomic E-state index is -0.354. The highest BCUT2D eigenvalue weighted by atomic mass is 32.1. The van der Waals surface area contributed by atoms with Crippen molar-refractivity contribution in [1.29, 1.82) is 0 Å². The van der Waals surface area contributed by atoms with Crippen LogP contribution < -0.4 is 10.6 Å². The summed E-state index contributed by atoms with van der Waals surface area (Å²) in [6, 6.07) is 7.71. The van der Waals surface area contributed by atoms with Gasteiger partial charge in [-0.2, -0.15) is 0 Å². The number of thiazole rings is 1. The van der Waals surface area contributed by atoms with Crippen molar-refractivity contribution in [3.05, 3.63) is 45.9 Å². The van der Waals surface area contributed by atoms with Gasteiger partial charge in [0.2, 0.25) is 11.8 Å². The smallest absolute Gasteiger partial charge is 0.227 e. The van der Waals surface area contributed by atoms with Crippen LogP contribution in [0.5, 0.6) is 0 Å². The topological polar surface area (TPSA) is 76.3 Å². The van der Waals surface area contributed by atoms with E-state index in [1.807, 2.05) is 36.6 Å². The van der Waals surface area contributed by atoms with Gasteiger partial charge in [0.25, 0.3) is 0 Å². The number of aryl methyl sites for hydroxylation is 2. The first-order valence-corrected chi connectivity index (χ1v) is 8.51. The van der Waals surface area contributed by atoms with Gasteiger partial charge in [0, 0.05) is 24.0 Å². The van der Waals surface area contributed by atoms with E-state index in [0.29, 0.717) is 25.8 Å². The lowest BCUT2D eigenvalue weighted by molar-refractivity contribution is -0.122. The van der Waals surface area contributed by atoms with E-state index in [0.717, 1.165) is 22.0 Å². The van der Waals surface area contributed by atoms with Gasteiger partial charge in [-0.05, 0) is 31.4 Å². The molecule has 1 atom stereocenters. The Balaban J connectivity index is 1.76. The first kappa shape index (κ1) is 15.7. The van der Waals surface area contributed by atoms with E-state index in [4.69, 9.17) is 5.73 Å². The number of carbonyl (C=O) groups excluding carboxylic acids is 2. The van der Waals surface area contributed by atoms with Crippen LogP contribution in [0.2, 0.25) is 0 Å². The molecule has 0 fully saturated rings. The van der Waals surface area contributed by atoms with E-state index in [9.17, 15) is 9.59 Å². The van der Waals surface area contributed by atoms with Crippen LogP contribution in [0.25, 0.3) is 0 Å². The number of nitrogens with zero attached hydrogens (tertiary/aromatic N) is 2. The fraction of sp³-hybridized carbons (Fsp3) is 0.353. The van der Waals surface area contributed by atoms with Gasteiger partial charge >= 0.3 is 0 Å². The summed E-state index contributed by atoms with van der Waals surface area (Å²) in [5, 5.41) is 2.99. The normalized spacial score (nSPS) is 16.9. The SMILES string of the molecule is Cc1nc(CCC(=O)N2CC(C(N)=O)Cc3ccccc32)cs1. The molecule has 1 aliphatic rings. The number of hydrogen-bond acceptors (Lipinski definition) is 4. The standard InChI is InChI=1S/C17H19N3O2S/c1-11-19-14(10-23-11)6-7-16(21)20-9-13(17(18)22)8-12-4-2-3-5-15(12)20/h2-5,10,13H,6-9H2,1H3,(H2,18,22). The summed E-state index contributed by atoms with van der Waals surface area (Å²) in [6.07, 6.45) is 1.59. The van der Waals surface area contributed by atoms with Crippen LogP contribution in [0.4, 0.5) is 5.69 Å². The average Bonchev–Trinajstić information content (AvgIpc) is 2.97. The second-order valence-electron chi connectivity index (χ2n) is 5.79. The highest BCUT2D eigenvalue weighted by Crippen LogP contribution is 2.30. The molecule has 0 aliphatic carbocycles. The van der Waals surface area contributed by atoms with Gasteiger partial charge in [-0.25, -0.2) is 4.98 Å². The van der Waals surface area contributed by atoms with Gasteiger partial charge in [0.15, 0.2) is 0 Å². The number of nitrogens with two attached hydrogens (primary N) is 1. The Kier molecular flexibility index (Phi) is 4.43. The maximum Gasteiger partial charge on any atom is 0.227 e. The fourth-order valence-corrected chi connectivity index (χ4v) is 3.56. The van der Waals surface area contributed by atoms with E-state index in [2.05, 4.69) is 4.98 Å². The maximum absolute atomic E-state index is 12.7. The number of para-hydroxylation sites is 1. The third-order valence-electron chi connectivity index (χ3n) is 4.12. The summed E-state index contributed by atoms with van der Waals surface area (Å²) in [5.74, 6) is -0.670. The zero-order valence-corrected chi connectivity index (χ0v) is 13.8. The lowest BCUT2D eigenvalue weighted by Gasteiger charge is -2.33. The van der Waals surface area contributed by atoms with Crippen LogP contribution in [-0.4, -0.2) is 23.3 Å². The second kappa shape index (κ2) is 6.50. The zero-order chi connectivity index (χ0) is 16.4. The molecule has 1 unspecified atom stereocenters. The molecule has 23 heavy (non-hydrogen) atoms. The number of carbonyl (C=O) groups is 2. The lowest BCUT2D eigenvalue weighted by atomic mass is 9.91. The zero-order valence-electron chi connectivity index (χ0n) is 13.0. The van der Waals surface area contributed by atoms with Crippen LogP contribution in [0.15, 0.2) is 29.6 Å². The molecular formula is C17H19N3O2S. The molecule has 5 nitrogen and oxygen atoms in total. The Labute approximate surface area is 139 Å². The summed E-state index contributed by atoms with van der Waals surface area (Å²) < 4.78 is 0. The monoisotopic (exact) mass is 329 g/mol. The third kappa shape index (κ3) is 3.42. The molecule has 0 bridgehead atoms. The second-order valence-corrected chi connectivity index (χ2v) is 6.86. The number of primary amides is 1. The molecule has 1 aromatic carbocycles. The Hall–Kier alpha value is -2.21. The molecule has 2 N–H and O–H groups in total. The minimum Gasteiger partial charge on any atom is -0.369 e. The minimum absolute atomic E-state index is 0.00838. The predicted molar refractivity (Wildman–Crippen MR) is 90.4 cm³/mol. The maximum atomic E-state index is 12.7. The van der Waals surface area contributed by atoms with E-state index in [1.165, 1.54) is 0 Å². The molecule has 2 aromatic rings. The summed E-state index contributed by atoms with van der Waals surface area (Å²) in [4.78, 5) is 30.3. The van der Waals surface area contributed by atoms with Crippen molar-refractivity contribution >= 4 is 28.8 Å². The Morgan fingerprint density at radius 2 is 2.17 bits per heavy atom. The largest absolute Gasteiger partial charge is 0.369 e. The van der Waals surface area contributed by atoms with Gasteiger partial charge < -0.3 is 10.6 Å². The first-order chi connectivity index (χ1) is 11.0. The number of benzene rings is 1. The summed E-state index contributed by atoms with van der Waals surface area (Å²) in [6.45, 7) is 2.32. The fourth-order valence-electron chi connectivity index (χ4n) is 2.92. The van der Waals surface area contributed by atoms with Crippen LogP contribution in [0, 0.1) is 12.8 Å². The summed E-state index contributed by atoms with van der Waals surface area (Å²) in [7, 11) is 0. The van der Waals surface area contributed by atoms with Crippen LogP contribution >= 0.6 is 11.3 Å². The van der Waals surface area contributed by atoms with Crippen molar-refractivity contribution < 1.29 is 9.59 Å². The Morgan fingerprint density at radius 3 is 2.87 bits per heavy atom. The van der Waals surface area contributed by atoms with Crippen molar-refractivity contribution in [1.82, 2.24) is 4.98 Å². The number of rotatable bonds is 4. The Morgan fingerprint density at radius 1 is 1.39 bits per heavy atom. The molecule has 2 heterocycles. The number of fused-ring (bicyclic) bond motifs is 1. The van der Waals surface area contributed by atoms with E-state index in [-0.39, 0.29) is 17.7 Å². The molecule has 6 heteroatoms. The lowest BCUT2D eigenvalue weighted by Crippen LogP contribution is -2.44. The number of anilines is 1. The average molecular weight is 329 g/mol. The predicted octanol–water partition coefficient (Wildman–Crippen LogP) is 2.07. The van der Waals surface area contributed by atoms with E-state index in [1.54, 1.807) is 16.2 Å². The highest BCUT2D eigenvalue weighted by molar-refractivity contribution is 7.09. The van der Waals surface area contributed by atoms with Crippen molar-refractivity contribution in [3.8, 4) is 0 Å². The molecule has 2 amide bonds. The third-order valence-corrected chi connectivity index (χ3v) is 4.94. The number of aromatic nitrogens is 1. The molecule has 3 rings (SSSR count). The molecule has 0 radical (unpaired) electrons. The van der Waals surface area contributed by atoms with Gasteiger partial charge in [-0.3, -0.25) is 9.59 Å². The van der Waals surface area contributed by atoms with Crippen molar-refractivity contribution in [2.24, 2.45) is 11.7 Å². The molecule has 0 saturated heterocycles. The quantitative estimate of drug-likeness (QED) is 0.933. The first-order valence-electron chi connectivity index (χ1n) is 7.63. The van der Waals surface area contributed by atoms with E-state index < -0.39 is 0 Å². The number of hydrogen-bond donors (Lipinski definition) is 1. The van der Waals surface area contributed by atoms with Gasteiger partial charge in [0.05, 0.1) is 16.6 Å². The molecule has 1 aromatic heterocycles. The summed E-state index contributed by atoms with van der Waals surface area (Å²) in [5.41, 5.74) is 8.30. The van der Waals surface area contributed by atoms with Crippen LogP contribution in [0.1, 0.15) is 22.7 Å².